The lowest BCUT2D eigenvalue weighted by atomic mass is 9.98. The zero-order valence-electron chi connectivity index (χ0n) is 12.2. The molecule has 110 valence electrons. The summed E-state index contributed by atoms with van der Waals surface area (Å²) in [7, 11) is 3.44. The fourth-order valence-electron chi connectivity index (χ4n) is 1.77. The first kappa shape index (κ1) is 17.8. The topological polar surface area (TPSA) is 68.0 Å². The van der Waals surface area contributed by atoms with Gasteiger partial charge in [0.25, 0.3) is 0 Å². The largest absolute Gasteiger partial charge is 0.394 e. The highest BCUT2D eigenvalue weighted by Crippen LogP contribution is 2.08. The molecule has 0 spiro atoms. The van der Waals surface area contributed by atoms with Crippen LogP contribution in [0.15, 0.2) is 0 Å². The molecule has 3 N–H and O–H groups in total. The maximum Gasteiger partial charge on any atom is 0.0608 e. The molecule has 0 aliphatic carbocycles. The lowest BCUT2D eigenvalue weighted by molar-refractivity contribution is 0.128. The Morgan fingerprint density at radius 2 is 1.67 bits per heavy atom. The zero-order chi connectivity index (χ0) is 13.9. The number of rotatable bonds is 12. The molecule has 0 aliphatic rings. The van der Waals surface area contributed by atoms with Crippen molar-refractivity contribution >= 4 is 0 Å². The molecule has 5 nitrogen and oxygen atoms in total. The molecule has 0 heterocycles. The SMILES string of the molecule is COCCCN(CCCC(C)(N)CO)CCOC. The third kappa shape index (κ3) is 9.79. The lowest BCUT2D eigenvalue weighted by Gasteiger charge is -2.25. The van der Waals surface area contributed by atoms with Crippen LogP contribution in [0.5, 0.6) is 0 Å². The van der Waals surface area contributed by atoms with Gasteiger partial charge in [0.15, 0.2) is 0 Å². The van der Waals surface area contributed by atoms with E-state index in [0.29, 0.717) is 0 Å². The van der Waals surface area contributed by atoms with Crippen LogP contribution in [0.4, 0.5) is 0 Å². The Labute approximate surface area is 111 Å². The van der Waals surface area contributed by atoms with E-state index in [9.17, 15) is 0 Å². The van der Waals surface area contributed by atoms with Crippen molar-refractivity contribution in [1.29, 1.82) is 0 Å². The summed E-state index contributed by atoms with van der Waals surface area (Å²) >= 11 is 0. The molecule has 18 heavy (non-hydrogen) atoms. The van der Waals surface area contributed by atoms with Gasteiger partial charge in [0.05, 0.1) is 13.2 Å². The molecule has 0 bridgehead atoms. The average molecular weight is 262 g/mol. The predicted octanol–water partition coefficient (Wildman–Crippen LogP) is 0.461. The smallest absolute Gasteiger partial charge is 0.0608 e. The number of hydrogen-bond acceptors (Lipinski definition) is 5. The Morgan fingerprint density at radius 1 is 1.06 bits per heavy atom. The van der Waals surface area contributed by atoms with E-state index in [-0.39, 0.29) is 6.61 Å². The van der Waals surface area contributed by atoms with Crippen LogP contribution in [0.3, 0.4) is 0 Å². The molecule has 1 unspecified atom stereocenters. The van der Waals surface area contributed by atoms with Crippen molar-refractivity contribution in [2.45, 2.75) is 31.7 Å². The fourth-order valence-corrected chi connectivity index (χ4v) is 1.77. The number of ether oxygens (including phenoxy) is 2. The minimum atomic E-state index is -0.459. The molecule has 0 fully saturated rings. The van der Waals surface area contributed by atoms with E-state index < -0.39 is 5.54 Å². The Hall–Kier alpha value is -0.200. The van der Waals surface area contributed by atoms with Gasteiger partial charge in [-0.15, -0.1) is 0 Å². The number of nitrogens with two attached hydrogens (primary N) is 1. The van der Waals surface area contributed by atoms with Crippen molar-refractivity contribution in [3.63, 3.8) is 0 Å². The van der Waals surface area contributed by atoms with Gasteiger partial charge < -0.3 is 25.2 Å². The van der Waals surface area contributed by atoms with Crippen molar-refractivity contribution in [2.75, 3.05) is 53.7 Å². The van der Waals surface area contributed by atoms with Gasteiger partial charge in [-0.25, -0.2) is 0 Å². The summed E-state index contributed by atoms with van der Waals surface area (Å²) in [4.78, 5) is 2.36. The summed E-state index contributed by atoms with van der Waals surface area (Å²) in [5.41, 5.74) is 5.45. The summed E-state index contributed by atoms with van der Waals surface area (Å²) in [6, 6.07) is 0. The highest BCUT2D eigenvalue weighted by molar-refractivity contribution is 4.77. The van der Waals surface area contributed by atoms with E-state index in [1.54, 1.807) is 14.2 Å². The molecule has 0 saturated heterocycles. The van der Waals surface area contributed by atoms with Crippen LogP contribution >= 0.6 is 0 Å². The lowest BCUT2D eigenvalue weighted by Crippen LogP contribution is -2.41. The molecular formula is C13H30N2O3. The first-order valence-electron chi connectivity index (χ1n) is 6.65. The van der Waals surface area contributed by atoms with Gasteiger partial charge in [0.1, 0.15) is 0 Å². The molecule has 0 rings (SSSR count). The van der Waals surface area contributed by atoms with Gasteiger partial charge in [-0.1, -0.05) is 0 Å². The normalized spacial score (nSPS) is 15.0. The summed E-state index contributed by atoms with van der Waals surface area (Å²) in [6.45, 7) is 6.38. The van der Waals surface area contributed by atoms with Crippen molar-refractivity contribution in [2.24, 2.45) is 5.73 Å². The predicted molar refractivity (Wildman–Crippen MR) is 73.7 cm³/mol. The number of nitrogens with zero attached hydrogens (tertiary/aromatic N) is 1. The standard InChI is InChI=1S/C13H30N2O3/c1-13(14,12-16)6-4-7-15(9-11-18-3)8-5-10-17-2/h16H,4-12,14H2,1-3H3. The molecule has 0 aromatic rings. The summed E-state index contributed by atoms with van der Waals surface area (Å²) in [5, 5.41) is 9.10. The van der Waals surface area contributed by atoms with E-state index in [0.717, 1.165) is 52.1 Å². The van der Waals surface area contributed by atoms with Crippen molar-refractivity contribution < 1.29 is 14.6 Å². The summed E-state index contributed by atoms with van der Waals surface area (Å²) in [5.74, 6) is 0. The van der Waals surface area contributed by atoms with Gasteiger partial charge in [-0.05, 0) is 32.7 Å². The molecule has 5 heteroatoms. The average Bonchev–Trinajstić information content (AvgIpc) is 2.35. The van der Waals surface area contributed by atoms with Crippen LogP contribution in [-0.2, 0) is 9.47 Å². The number of aliphatic hydroxyl groups is 1. The molecule has 0 aliphatic heterocycles. The van der Waals surface area contributed by atoms with E-state index in [1.807, 2.05) is 6.92 Å². The monoisotopic (exact) mass is 262 g/mol. The van der Waals surface area contributed by atoms with Crippen LogP contribution in [-0.4, -0.2) is 69.2 Å². The highest BCUT2D eigenvalue weighted by Gasteiger charge is 2.16. The molecule has 0 aromatic heterocycles. The minimum Gasteiger partial charge on any atom is -0.394 e. The van der Waals surface area contributed by atoms with E-state index in [1.165, 1.54) is 0 Å². The fraction of sp³-hybridized carbons (Fsp3) is 1.00. The van der Waals surface area contributed by atoms with E-state index in [4.69, 9.17) is 20.3 Å². The Bertz CT molecular complexity index is 189. The molecule has 0 amide bonds. The first-order valence-corrected chi connectivity index (χ1v) is 6.65. The number of aliphatic hydroxyl groups excluding tert-OH is 1. The van der Waals surface area contributed by atoms with Gasteiger partial charge >= 0.3 is 0 Å². The minimum absolute atomic E-state index is 0.0365. The third-order valence-corrected chi connectivity index (χ3v) is 3.02. The van der Waals surface area contributed by atoms with Gasteiger partial charge in [0.2, 0.25) is 0 Å². The second kappa shape index (κ2) is 10.7. The zero-order valence-corrected chi connectivity index (χ0v) is 12.2. The second-order valence-electron chi connectivity index (χ2n) is 5.10. The van der Waals surface area contributed by atoms with Gasteiger partial charge in [0, 0.05) is 39.5 Å². The van der Waals surface area contributed by atoms with Crippen LogP contribution in [0.2, 0.25) is 0 Å². The van der Waals surface area contributed by atoms with Crippen molar-refractivity contribution in [3.05, 3.63) is 0 Å². The van der Waals surface area contributed by atoms with E-state index >= 15 is 0 Å². The molecule has 0 saturated carbocycles. The van der Waals surface area contributed by atoms with Crippen LogP contribution < -0.4 is 5.73 Å². The van der Waals surface area contributed by atoms with Crippen LogP contribution in [0.25, 0.3) is 0 Å². The first-order chi connectivity index (χ1) is 8.55. The maximum absolute atomic E-state index is 9.10. The van der Waals surface area contributed by atoms with Crippen molar-refractivity contribution in [3.8, 4) is 0 Å². The summed E-state index contributed by atoms with van der Waals surface area (Å²) in [6.07, 6.45) is 2.85. The Kier molecular flexibility index (Phi) is 10.6. The number of hydrogen-bond donors (Lipinski definition) is 2. The Balaban J connectivity index is 3.84. The molecular weight excluding hydrogens is 232 g/mol. The van der Waals surface area contributed by atoms with Gasteiger partial charge in [-0.3, -0.25) is 0 Å². The maximum atomic E-state index is 9.10. The summed E-state index contributed by atoms with van der Waals surface area (Å²) < 4.78 is 10.2. The Morgan fingerprint density at radius 3 is 2.22 bits per heavy atom. The van der Waals surface area contributed by atoms with Crippen LogP contribution in [0, 0.1) is 0 Å². The highest BCUT2D eigenvalue weighted by atomic mass is 16.5. The molecule has 1 atom stereocenters. The third-order valence-electron chi connectivity index (χ3n) is 3.02. The second-order valence-corrected chi connectivity index (χ2v) is 5.10. The quantitative estimate of drug-likeness (QED) is 0.500. The van der Waals surface area contributed by atoms with Gasteiger partial charge in [-0.2, -0.15) is 0 Å². The van der Waals surface area contributed by atoms with Crippen LogP contribution in [0.1, 0.15) is 26.2 Å². The van der Waals surface area contributed by atoms with E-state index in [2.05, 4.69) is 4.90 Å². The molecule has 0 radical (unpaired) electrons. The molecule has 0 aromatic carbocycles. The number of methoxy groups -OCH3 is 2. The van der Waals surface area contributed by atoms with Crippen molar-refractivity contribution in [1.82, 2.24) is 4.90 Å².